The lowest BCUT2D eigenvalue weighted by Gasteiger charge is -2.05. The van der Waals surface area contributed by atoms with Gasteiger partial charge in [0.2, 0.25) is 11.8 Å². The summed E-state index contributed by atoms with van der Waals surface area (Å²) in [5.74, 6) is 0.117. The highest BCUT2D eigenvalue weighted by Crippen LogP contribution is 2.18. The van der Waals surface area contributed by atoms with Crippen molar-refractivity contribution in [3.05, 3.63) is 0 Å². The number of rotatable bonds is 8. The van der Waals surface area contributed by atoms with E-state index < -0.39 is 0 Å². The summed E-state index contributed by atoms with van der Waals surface area (Å²) in [6.45, 7) is 1.11. The summed E-state index contributed by atoms with van der Waals surface area (Å²) in [7, 11) is 0. The van der Waals surface area contributed by atoms with Gasteiger partial charge in [0, 0.05) is 25.4 Å². The Morgan fingerprint density at radius 2 is 1.81 bits per heavy atom. The molecule has 0 aromatic heterocycles. The molecule has 0 saturated heterocycles. The molecule has 2 amide bonds. The summed E-state index contributed by atoms with van der Waals surface area (Å²) < 4.78 is 0. The zero-order chi connectivity index (χ0) is 11.8. The maximum atomic E-state index is 11.3. The summed E-state index contributed by atoms with van der Waals surface area (Å²) in [6, 6.07) is 0.423. The Balaban J connectivity index is 1.89. The van der Waals surface area contributed by atoms with Gasteiger partial charge in [-0.3, -0.25) is 9.59 Å². The van der Waals surface area contributed by atoms with E-state index in [9.17, 15) is 9.59 Å². The Kier molecular flexibility index (Phi) is 5.85. The van der Waals surface area contributed by atoms with Crippen LogP contribution in [0.4, 0.5) is 0 Å². The number of nitrogens with two attached hydrogens (primary N) is 1. The van der Waals surface area contributed by atoms with E-state index in [4.69, 9.17) is 5.73 Å². The quantitative estimate of drug-likeness (QED) is 0.506. The van der Waals surface area contributed by atoms with Crippen molar-refractivity contribution in [2.24, 2.45) is 5.73 Å². The molecule has 0 aromatic rings. The number of hydrogen-bond donors (Lipinski definition) is 3. The Hall–Kier alpha value is -1.10. The molecule has 1 fully saturated rings. The van der Waals surface area contributed by atoms with Crippen molar-refractivity contribution in [2.75, 3.05) is 13.1 Å². The van der Waals surface area contributed by atoms with Gasteiger partial charge in [-0.25, -0.2) is 0 Å². The first kappa shape index (κ1) is 13.0. The highest BCUT2D eigenvalue weighted by Gasteiger charge is 2.22. The van der Waals surface area contributed by atoms with E-state index in [1.54, 1.807) is 0 Å². The number of carbonyl (C=O) groups excluding carboxylic acids is 2. The highest BCUT2D eigenvalue weighted by atomic mass is 16.2. The maximum absolute atomic E-state index is 11.3. The van der Waals surface area contributed by atoms with Crippen molar-refractivity contribution in [3.63, 3.8) is 0 Å². The lowest BCUT2D eigenvalue weighted by atomic mass is 10.2. The number of hydrogen-bond acceptors (Lipinski definition) is 3. The van der Waals surface area contributed by atoms with Crippen LogP contribution in [0.3, 0.4) is 0 Å². The minimum atomic E-state index is 0.0213. The zero-order valence-electron chi connectivity index (χ0n) is 9.63. The SMILES string of the molecule is NCCCC(=O)NCCCC(=O)NC1CC1. The standard InChI is InChI=1S/C11H21N3O2/c12-7-1-3-10(15)13-8-2-4-11(16)14-9-5-6-9/h9H,1-8,12H2,(H,13,15)(H,14,16). The van der Waals surface area contributed by atoms with E-state index in [-0.39, 0.29) is 11.8 Å². The second kappa shape index (κ2) is 7.22. The molecule has 0 heterocycles. The van der Waals surface area contributed by atoms with Crippen LogP contribution in [-0.4, -0.2) is 30.9 Å². The molecule has 16 heavy (non-hydrogen) atoms. The minimum Gasteiger partial charge on any atom is -0.356 e. The van der Waals surface area contributed by atoms with Gasteiger partial charge in [-0.1, -0.05) is 0 Å². The van der Waals surface area contributed by atoms with Gasteiger partial charge in [0.15, 0.2) is 0 Å². The smallest absolute Gasteiger partial charge is 0.220 e. The van der Waals surface area contributed by atoms with Crippen molar-refractivity contribution in [1.82, 2.24) is 10.6 Å². The Labute approximate surface area is 96.1 Å². The number of carbonyl (C=O) groups is 2. The van der Waals surface area contributed by atoms with Crippen LogP contribution < -0.4 is 16.4 Å². The molecule has 1 rings (SSSR count). The van der Waals surface area contributed by atoms with E-state index in [2.05, 4.69) is 10.6 Å². The summed E-state index contributed by atoms with van der Waals surface area (Å²) in [5, 5.41) is 5.68. The third kappa shape index (κ3) is 6.40. The van der Waals surface area contributed by atoms with Crippen molar-refractivity contribution < 1.29 is 9.59 Å². The maximum Gasteiger partial charge on any atom is 0.220 e. The summed E-state index contributed by atoms with van der Waals surface area (Å²) >= 11 is 0. The molecule has 0 atom stereocenters. The average molecular weight is 227 g/mol. The van der Waals surface area contributed by atoms with Crippen LogP contribution in [0, 0.1) is 0 Å². The van der Waals surface area contributed by atoms with Crippen molar-refractivity contribution in [3.8, 4) is 0 Å². The topological polar surface area (TPSA) is 84.2 Å². The summed E-state index contributed by atoms with van der Waals surface area (Å²) in [6.07, 6.45) is 4.61. The van der Waals surface area contributed by atoms with Gasteiger partial charge in [-0.2, -0.15) is 0 Å². The monoisotopic (exact) mass is 227 g/mol. The first-order valence-electron chi connectivity index (χ1n) is 5.98. The second-order valence-corrected chi connectivity index (χ2v) is 4.19. The molecule has 0 aromatic carbocycles. The lowest BCUT2D eigenvalue weighted by molar-refractivity contribution is -0.123. The number of amides is 2. The van der Waals surface area contributed by atoms with E-state index in [0.29, 0.717) is 44.8 Å². The average Bonchev–Trinajstić information content (AvgIpc) is 3.05. The molecule has 0 unspecified atom stereocenters. The molecule has 5 nitrogen and oxygen atoms in total. The lowest BCUT2D eigenvalue weighted by Crippen LogP contribution is -2.28. The largest absolute Gasteiger partial charge is 0.356 e. The van der Waals surface area contributed by atoms with Crippen LogP contribution in [0.5, 0.6) is 0 Å². The minimum absolute atomic E-state index is 0.0213. The molecule has 92 valence electrons. The molecular formula is C11H21N3O2. The van der Waals surface area contributed by atoms with Gasteiger partial charge >= 0.3 is 0 Å². The van der Waals surface area contributed by atoms with Gasteiger partial charge < -0.3 is 16.4 Å². The fourth-order valence-corrected chi connectivity index (χ4v) is 1.36. The fourth-order valence-electron chi connectivity index (χ4n) is 1.36. The van der Waals surface area contributed by atoms with E-state index in [1.807, 2.05) is 0 Å². The van der Waals surface area contributed by atoms with Crippen molar-refractivity contribution in [1.29, 1.82) is 0 Å². The molecule has 0 bridgehead atoms. The fraction of sp³-hybridized carbons (Fsp3) is 0.818. The molecular weight excluding hydrogens is 206 g/mol. The Bertz CT molecular complexity index is 239. The van der Waals surface area contributed by atoms with Gasteiger partial charge in [0.05, 0.1) is 0 Å². The zero-order valence-corrected chi connectivity index (χ0v) is 9.63. The van der Waals surface area contributed by atoms with Crippen molar-refractivity contribution in [2.45, 2.75) is 44.6 Å². The molecule has 1 aliphatic rings. The van der Waals surface area contributed by atoms with E-state index in [0.717, 1.165) is 12.8 Å². The molecule has 0 spiro atoms. The van der Waals surface area contributed by atoms with Gasteiger partial charge in [-0.05, 0) is 32.2 Å². The molecule has 1 saturated carbocycles. The van der Waals surface area contributed by atoms with Crippen LogP contribution in [0.25, 0.3) is 0 Å². The summed E-state index contributed by atoms with van der Waals surface area (Å²) in [5.41, 5.74) is 5.29. The van der Waals surface area contributed by atoms with Crippen LogP contribution in [-0.2, 0) is 9.59 Å². The Morgan fingerprint density at radius 3 is 2.44 bits per heavy atom. The normalized spacial score (nSPS) is 14.6. The number of nitrogens with one attached hydrogen (secondary N) is 2. The van der Waals surface area contributed by atoms with Crippen LogP contribution in [0.1, 0.15) is 38.5 Å². The third-order valence-corrected chi connectivity index (χ3v) is 2.45. The van der Waals surface area contributed by atoms with E-state index in [1.165, 1.54) is 0 Å². The highest BCUT2D eigenvalue weighted by molar-refractivity contribution is 5.77. The molecule has 0 radical (unpaired) electrons. The van der Waals surface area contributed by atoms with E-state index >= 15 is 0 Å². The van der Waals surface area contributed by atoms with Gasteiger partial charge in [0.1, 0.15) is 0 Å². The first-order valence-corrected chi connectivity index (χ1v) is 5.98. The molecule has 0 aliphatic heterocycles. The van der Waals surface area contributed by atoms with Crippen LogP contribution in [0.2, 0.25) is 0 Å². The third-order valence-electron chi connectivity index (χ3n) is 2.45. The predicted octanol–water partition coefficient (Wildman–Crippen LogP) is -0.0997. The Morgan fingerprint density at radius 1 is 1.12 bits per heavy atom. The second-order valence-electron chi connectivity index (χ2n) is 4.19. The molecule has 5 heteroatoms. The first-order chi connectivity index (χ1) is 7.72. The van der Waals surface area contributed by atoms with Gasteiger partial charge in [0.25, 0.3) is 0 Å². The molecule has 4 N–H and O–H groups in total. The van der Waals surface area contributed by atoms with Gasteiger partial charge in [-0.15, -0.1) is 0 Å². The molecule has 1 aliphatic carbocycles. The van der Waals surface area contributed by atoms with Crippen LogP contribution in [0.15, 0.2) is 0 Å². The summed E-state index contributed by atoms with van der Waals surface area (Å²) in [4.78, 5) is 22.4. The van der Waals surface area contributed by atoms with Crippen molar-refractivity contribution >= 4 is 11.8 Å². The predicted molar refractivity (Wildman–Crippen MR) is 61.7 cm³/mol. The van der Waals surface area contributed by atoms with Crippen LogP contribution >= 0.6 is 0 Å².